The molecule has 2 aliphatic rings. The Bertz CT molecular complexity index is 515. The Kier molecular flexibility index (Phi) is 3.55. The van der Waals surface area contributed by atoms with Crippen molar-refractivity contribution in [2.75, 3.05) is 19.4 Å². The number of carbonyl (C=O) groups is 1. The Morgan fingerprint density at radius 3 is 2.85 bits per heavy atom. The van der Waals surface area contributed by atoms with Crippen molar-refractivity contribution in [3.63, 3.8) is 0 Å². The number of hydrogen-bond donors (Lipinski definition) is 2. The minimum atomic E-state index is -0.0397. The first kappa shape index (κ1) is 13.3. The van der Waals surface area contributed by atoms with Crippen LogP contribution in [-0.2, 0) is 0 Å². The molecule has 20 heavy (non-hydrogen) atoms. The predicted octanol–water partition coefficient (Wildman–Crippen LogP) is 2.44. The van der Waals surface area contributed by atoms with Gasteiger partial charge in [-0.2, -0.15) is 0 Å². The molecule has 108 valence electrons. The van der Waals surface area contributed by atoms with Crippen LogP contribution in [0.2, 0.25) is 0 Å². The molecule has 2 bridgehead atoms. The molecule has 1 amide bonds. The summed E-state index contributed by atoms with van der Waals surface area (Å²) in [6.45, 7) is 0.798. The van der Waals surface area contributed by atoms with E-state index in [9.17, 15) is 4.79 Å². The molecule has 0 aromatic heterocycles. The van der Waals surface area contributed by atoms with Crippen LogP contribution in [0.25, 0.3) is 0 Å². The van der Waals surface area contributed by atoms with Crippen LogP contribution in [0.15, 0.2) is 18.2 Å². The number of rotatable bonds is 4. The third-order valence-corrected chi connectivity index (χ3v) is 4.90. The summed E-state index contributed by atoms with van der Waals surface area (Å²) < 4.78 is 5.10. The lowest BCUT2D eigenvalue weighted by molar-refractivity contribution is 0.0942. The summed E-state index contributed by atoms with van der Waals surface area (Å²) in [6, 6.07) is 5.17. The van der Waals surface area contributed by atoms with Gasteiger partial charge in [-0.25, -0.2) is 0 Å². The van der Waals surface area contributed by atoms with Crippen molar-refractivity contribution >= 4 is 11.6 Å². The molecule has 0 spiro atoms. The second-order valence-corrected chi connectivity index (χ2v) is 6.10. The summed E-state index contributed by atoms with van der Waals surface area (Å²) in [4.78, 5) is 12.2. The van der Waals surface area contributed by atoms with E-state index in [0.717, 1.165) is 18.4 Å². The first-order valence-corrected chi connectivity index (χ1v) is 7.39. The number of methoxy groups -OCH3 is 1. The Labute approximate surface area is 119 Å². The van der Waals surface area contributed by atoms with E-state index in [1.165, 1.54) is 25.7 Å². The Hall–Kier alpha value is -1.71. The number of anilines is 1. The second-order valence-electron chi connectivity index (χ2n) is 6.10. The molecule has 3 atom stereocenters. The monoisotopic (exact) mass is 274 g/mol. The molecule has 2 fully saturated rings. The first-order chi connectivity index (χ1) is 9.67. The van der Waals surface area contributed by atoms with Crippen LogP contribution in [0.1, 0.15) is 36.0 Å². The fourth-order valence-electron chi connectivity index (χ4n) is 3.83. The molecule has 1 aromatic carbocycles. The van der Waals surface area contributed by atoms with Gasteiger partial charge in [0, 0.05) is 12.1 Å². The molecular formula is C16H22N2O2. The SMILES string of the molecule is COc1ccc(C(=O)NCC2CC3CCC2C3)cc1N. The molecule has 3 unspecified atom stereocenters. The van der Waals surface area contributed by atoms with Crippen molar-refractivity contribution < 1.29 is 9.53 Å². The number of benzene rings is 1. The summed E-state index contributed by atoms with van der Waals surface area (Å²) in [7, 11) is 1.57. The van der Waals surface area contributed by atoms with Gasteiger partial charge in [-0.05, 0) is 55.2 Å². The zero-order valence-electron chi connectivity index (χ0n) is 11.9. The normalized spacial score (nSPS) is 27.6. The summed E-state index contributed by atoms with van der Waals surface area (Å²) in [5.41, 5.74) is 6.94. The van der Waals surface area contributed by atoms with Crippen LogP contribution in [0, 0.1) is 17.8 Å². The quantitative estimate of drug-likeness (QED) is 0.829. The van der Waals surface area contributed by atoms with Crippen molar-refractivity contribution in [3.8, 4) is 5.75 Å². The molecule has 0 radical (unpaired) electrons. The average Bonchev–Trinajstić information content (AvgIpc) is 3.07. The van der Waals surface area contributed by atoms with Gasteiger partial charge < -0.3 is 15.8 Å². The van der Waals surface area contributed by atoms with Gasteiger partial charge in [0.25, 0.3) is 5.91 Å². The van der Waals surface area contributed by atoms with Crippen LogP contribution >= 0.6 is 0 Å². The van der Waals surface area contributed by atoms with Crippen LogP contribution in [0.3, 0.4) is 0 Å². The number of amides is 1. The van der Waals surface area contributed by atoms with Gasteiger partial charge in [0.1, 0.15) is 5.75 Å². The number of ether oxygens (including phenoxy) is 1. The highest BCUT2D eigenvalue weighted by molar-refractivity contribution is 5.95. The molecule has 0 aliphatic heterocycles. The van der Waals surface area contributed by atoms with Gasteiger partial charge in [-0.15, -0.1) is 0 Å². The standard InChI is InChI=1S/C16H22N2O2/c1-20-15-5-4-12(8-14(15)17)16(19)18-9-13-7-10-2-3-11(13)6-10/h4-5,8,10-11,13H,2-3,6-7,9,17H2,1H3,(H,18,19). The second kappa shape index (κ2) is 5.35. The number of hydrogen-bond acceptors (Lipinski definition) is 3. The average molecular weight is 274 g/mol. The van der Waals surface area contributed by atoms with Gasteiger partial charge in [-0.3, -0.25) is 4.79 Å². The minimum absolute atomic E-state index is 0.0397. The minimum Gasteiger partial charge on any atom is -0.495 e. The molecule has 0 heterocycles. The van der Waals surface area contributed by atoms with E-state index in [-0.39, 0.29) is 5.91 Å². The number of nitrogen functional groups attached to an aromatic ring is 1. The zero-order valence-corrected chi connectivity index (χ0v) is 11.9. The van der Waals surface area contributed by atoms with Crippen molar-refractivity contribution in [1.82, 2.24) is 5.32 Å². The number of nitrogens with two attached hydrogens (primary N) is 1. The smallest absolute Gasteiger partial charge is 0.251 e. The molecule has 3 rings (SSSR count). The van der Waals surface area contributed by atoms with Crippen molar-refractivity contribution in [3.05, 3.63) is 23.8 Å². The van der Waals surface area contributed by atoms with Crippen LogP contribution in [-0.4, -0.2) is 19.6 Å². The van der Waals surface area contributed by atoms with E-state index < -0.39 is 0 Å². The van der Waals surface area contributed by atoms with Crippen LogP contribution in [0.5, 0.6) is 5.75 Å². The molecule has 4 nitrogen and oxygen atoms in total. The van der Waals surface area contributed by atoms with Gasteiger partial charge in [-0.1, -0.05) is 6.42 Å². The lowest BCUT2D eigenvalue weighted by atomic mass is 9.89. The molecular weight excluding hydrogens is 252 g/mol. The first-order valence-electron chi connectivity index (χ1n) is 7.39. The summed E-state index contributed by atoms with van der Waals surface area (Å²) in [5.74, 6) is 2.99. The summed E-state index contributed by atoms with van der Waals surface area (Å²) >= 11 is 0. The zero-order chi connectivity index (χ0) is 14.1. The van der Waals surface area contributed by atoms with Gasteiger partial charge in [0.2, 0.25) is 0 Å². The molecule has 1 aromatic rings. The lowest BCUT2D eigenvalue weighted by Gasteiger charge is -2.21. The van der Waals surface area contributed by atoms with Gasteiger partial charge >= 0.3 is 0 Å². The van der Waals surface area contributed by atoms with E-state index in [1.807, 2.05) is 0 Å². The molecule has 2 aliphatic carbocycles. The third-order valence-electron chi connectivity index (χ3n) is 4.90. The summed E-state index contributed by atoms with van der Waals surface area (Å²) in [5, 5.41) is 3.06. The van der Waals surface area contributed by atoms with E-state index >= 15 is 0 Å². The van der Waals surface area contributed by atoms with Gasteiger partial charge in [0.05, 0.1) is 12.8 Å². The van der Waals surface area contributed by atoms with Crippen LogP contribution < -0.4 is 15.8 Å². The number of nitrogens with one attached hydrogen (secondary N) is 1. The Morgan fingerprint density at radius 2 is 2.25 bits per heavy atom. The summed E-state index contributed by atoms with van der Waals surface area (Å²) in [6.07, 6.45) is 5.40. The van der Waals surface area contributed by atoms with E-state index in [1.54, 1.807) is 25.3 Å². The Balaban J connectivity index is 1.58. The predicted molar refractivity (Wildman–Crippen MR) is 78.7 cm³/mol. The van der Waals surface area contributed by atoms with Crippen LogP contribution in [0.4, 0.5) is 5.69 Å². The number of carbonyl (C=O) groups excluding carboxylic acids is 1. The fraction of sp³-hybridized carbons (Fsp3) is 0.562. The maximum Gasteiger partial charge on any atom is 0.251 e. The molecule has 4 heteroatoms. The highest BCUT2D eigenvalue weighted by atomic mass is 16.5. The largest absolute Gasteiger partial charge is 0.495 e. The highest BCUT2D eigenvalue weighted by Gasteiger charge is 2.39. The maximum absolute atomic E-state index is 12.2. The van der Waals surface area contributed by atoms with Crippen molar-refractivity contribution in [1.29, 1.82) is 0 Å². The molecule has 0 saturated heterocycles. The maximum atomic E-state index is 12.2. The fourth-order valence-corrected chi connectivity index (χ4v) is 3.83. The van der Waals surface area contributed by atoms with E-state index in [4.69, 9.17) is 10.5 Å². The van der Waals surface area contributed by atoms with E-state index in [0.29, 0.717) is 22.9 Å². The lowest BCUT2D eigenvalue weighted by Crippen LogP contribution is -2.31. The van der Waals surface area contributed by atoms with Gasteiger partial charge in [0.15, 0.2) is 0 Å². The molecule has 2 saturated carbocycles. The molecule has 3 N–H and O–H groups in total. The van der Waals surface area contributed by atoms with Crippen molar-refractivity contribution in [2.45, 2.75) is 25.7 Å². The Morgan fingerprint density at radius 1 is 1.40 bits per heavy atom. The third kappa shape index (κ3) is 2.47. The van der Waals surface area contributed by atoms with E-state index in [2.05, 4.69) is 5.32 Å². The van der Waals surface area contributed by atoms with Crippen molar-refractivity contribution in [2.24, 2.45) is 17.8 Å². The number of fused-ring (bicyclic) bond motifs is 2. The highest BCUT2D eigenvalue weighted by Crippen LogP contribution is 2.47. The topological polar surface area (TPSA) is 64.3 Å².